The SMILES string of the molecule is CN(CCOc1ccc(Br)cc1)C(=O)COc1ccccc1. The van der Waals surface area contributed by atoms with E-state index >= 15 is 0 Å². The molecule has 0 aliphatic rings. The average molecular weight is 364 g/mol. The number of halogens is 1. The first-order valence-electron chi connectivity index (χ1n) is 6.95. The molecule has 116 valence electrons. The van der Waals surface area contributed by atoms with Crippen LogP contribution in [-0.2, 0) is 4.79 Å². The van der Waals surface area contributed by atoms with Gasteiger partial charge in [0.25, 0.3) is 5.91 Å². The molecule has 4 nitrogen and oxygen atoms in total. The fourth-order valence-corrected chi connectivity index (χ4v) is 1.99. The highest BCUT2D eigenvalue weighted by molar-refractivity contribution is 9.10. The number of carbonyl (C=O) groups excluding carboxylic acids is 1. The maximum absolute atomic E-state index is 11.9. The lowest BCUT2D eigenvalue weighted by Crippen LogP contribution is -2.34. The molecule has 0 spiro atoms. The summed E-state index contributed by atoms with van der Waals surface area (Å²) < 4.78 is 12.0. The largest absolute Gasteiger partial charge is 0.492 e. The van der Waals surface area contributed by atoms with Gasteiger partial charge >= 0.3 is 0 Å². The Labute approximate surface area is 138 Å². The van der Waals surface area contributed by atoms with E-state index in [2.05, 4.69) is 15.9 Å². The van der Waals surface area contributed by atoms with Crippen LogP contribution in [0.15, 0.2) is 59.1 Å². The Bertz CT molecular complexity index is 587. The molecule has 0 N–H and O–H groups in total. The smallest absolute Gasteiger partial charge is 0.260 e. The summed E-state index contributed by atoms with van der Waals surface area (Å²) in [5.41, 5.74) is 0. The van der Waals surface area contributed by atoms with Gasteiger partial charge in [-0.1, -0.05) is 34.1 Å². The molecular weight excluding hydrogens is 346 g/mol. The Balaban J connectivity index is 1.69. The molecule has 0 aliphatic carbocycles. The third kappa shape index (κ3) is 5.41. The van der Waals surface area contributed by atoms with E-state index < -0.39 is 0 Å². The molecule has 2 aromatic carbocycles. The van der Waals surface area contributed by atoms with E-state index in [1.54, 1.807) is 11.9 Å². The molecule has 0 fully saturated rings. The number of hydrogen-bond acceptors (Lipinski definition) is 3. The zero-order valence-electron chi connectivity index (χ0n) is 12.4. The molecule has 0 bridgehead atoms. The molecule has 22 heavy (non-hydrogen) atoms. The summed E-state index contributed by atoms with van der Waals surface area (Å²) in [6.07, 6.45) is 0. The summed E-state index contributed by atoms with van der Waals surface area (Å²) in [7, 11) is 1.74. The second-order valence-electron chi connectivity index (χ2n) is 4.72. The number of carbonyl (C=O) groups is 1. The minimum atomic E-state index is -0.0803. The maximum Gasteiger partial charge on any atom is 0.260 e. The van der Waals surface area contributed by atoms with Crippen LogP contribution in [0.2, 0.25) is 0 Å². The fraction of sp³-hybridized carbons (Fsp3) is 0.235. The van der Waals surface area contributed by atoms with Crippen molar-refractivity contribution in [2.24, 2.45) is 0 Å². The van der Waals surface area contributed by atoms with Crippen LogP contribution in [0, 0.1) is 0 Å². The quantitative estimate of drug-likeness (QED) is 0.756. The Morgan fingerprint density at radius 3 is 2.32 bits per heavy atom. The van der Waals surface area contributed by atoms with Crippen LogP contribution in [0.3, 0.4) is 0 Å². The van der Waals surface area contributed by atoms with Gasteiger partial charge in [-0.3, -0.25) is 4.79 Å². The number of ether oxygens (including phenoxy) is 2. The summed E-state index contributed by atoms with van der Waals surface area (Å²) in [4.78, 5) is 13.5. The second-order valence-corrected chi connectivity index (χ2v) is 5.64. The minimum absolute atomic E-state index is 0.0266. The Hall–Kier alpha value is -2.01. The molecule has 0 saturated heterocycles. The van der Waals surface area contributed by atoms with Gasteiger partial charge in [0.05, 0.1) is 6.54 Å². The first kappa shape index (κ1) is 16.4. The van der Waals surface area contributed by atoms with Gasteiger partial charge in [-0.2, -0.15) is 0 Å². The molecule has 0 saturated carbocycles. The van der Waals surface area contributed by atoms with Crippen molar-refractivity contribution in [1.82, 2.24) is 4.90 Å². The Morgan fingerprint density at radius 1 is 1.00 bits per heavy atom. The number of benzene rings is 2. The number of amides is 1. The van der Waals surface area contributed by atoms with E-state index in [4.69, 9.17) is 9.47 Å². The van der Waals surface area contributed by atoms with Gasteiger partial charge in [0.1, 0.15) is 18.1 Å². The number of hydrogen-bond donors (Lipinski definition) is 0. The van der Waals surface area contributed by atoms with E-state index in [0.29, 0.717) is 18.9 Å². The third-order valence-electron chi connectivity index (χ3n) is 3.04. The fourth-order valence-electron chi connectivity index (χ4n) is 1.73. The van der Waals surface area contributed by atoms with Gasteiger partial charge in [0, 0.05) is 11.5 Å². The van der Waals surface area contributed by atoms with Gasteiger partial charge in [0.15, 0.2) is 6.61 Å². The van der Waals surface area contributed by atoms with Crippen molar-refractivity contribution in [3.05, 3.63) is 59.1 Å². The normalized spacial score (nSPS) is 10.1. The zero-order chi connectivity index (χ0) is 15.8. The summed E-state index contributed by atoms with van der Waals surface area (Å²) >= 11 is 3.37. The van der Waals surface area contributed by atoms with Crippen LogP contribution in [0.25, 0.3) is 0 Å². The standard InChI is InChI=1S/C17H18BrNO3/c1-19(11-12-21-16-9-7-14(18)8-10-16)17(20)13-22-15-5-3-2-4-6-15/h2-10H,11-13H2,1H3. The van der Waals surface area contributed by atoms with Crippen molar-refractivity contribution in [3.8, 4) is 11.5 Å². The van der Waals surface area contributed by atoms with Crippen LogP contribution in [0.4, 0.5) is 0 Å². The van der Waals surface area contributed by atoms with Crippen molar-refractivity contribution in [3.63, 3.8) is 0 Å². The predicted octanol–water partition coefficient (Wildman–Crippen LogP) is 3.37. The summed E-state index contributed by atoms with van der Waals surface area (Å²) in [5, 5.41) is 0. The summed E-state index contributed by atoms with van der Waals surface area (Å²) in [5.74, 6) is 1.39. The molecule has 2 rings (SSSR count). The topological polar surface area (TPSA) is 38.8 Å². The number of likely N-dealkylation sites (N-methyl/N-ethyl adjacent to an activating group) is 1. The van der Waals surface area contributed by atoms with Crippen molar-refractivity contribution in [2.75, 3.05) is 26.8 Å². The highest BCUT2D eigenvalue weighted by Crippen LogP contribution is 2.15. The molecule has 0 aromatic heterocycles. The molecule has 0 unspecified atom stereocenters. The van der Waals surface area contributed by atoms with E-state index in [9.17, 15) is 4.79 Å². The van der Waals surface area contributed by atoms with Gasteiger partial charge in [-0.05, 0) is 36.4 Å². The first-order chi connectivity index (χ1) is 10.6. The lowest BCUT2D eigenvalue weighted by molar-refractivity contribution is -0.132. The lowest BCUT2D eigenvalue weighted by Gasteiger charge is -2.17. The minimum Gasteiger partial charge on any atom is -0.492 e. The lowest BCUT2D eigenvalue weighted by atomic mass is 10.3. The van der Waals surface area contributed by atoms with Crippen LogP contribution >= 0.6 is 15.9 Å². The highest BCUT2D eigenvalue weighted by atomic mass is 79.9. The van der Waals surface area contributed by atoms with Gasteiger partial charge in [-0.25, -0.2) is 0 Å². The monoisotopic (exact) mass is 363 g/mol. The van der Waals surface area contributed by atoms with Crippen molar-refractivity contribution >= 4 is 21.8 Å². The van der Waals surface area contributed by atoms with Crippen molar-refractivity contribution in [1.29, 1.82) is 0 Å². The van der Waals surface area contributed by atoms with E-state index in [1.807, 2.05) is 54.6 Å². The molecule has 0 radical (unpaired) electrons. The van der Waals surface area contributed by atoms with Crippen molar-refractivity contribution < 1.29 is 14.3 Å². The number of nitrogens with zero attached hydrogens (tertiary/aromatic N) is 1. The molecule has 0 heterocycles. The first-order valence-corrected chi connectivity index (χ1v) is 7.74. The molecule has 1 amide bonds. The molecule has 5 heteroatoms. The zero-order valence-corrected chi connectivity index (χ0v) is 14.0. The van der Waals surface area contributed by atoms with Crippen molar-refractivity contribution in [2.45, 2.75) is 0 Å². The van der Waals surface area contributed by atoms with Crippen LogP contribution in [-0.4, -0.2) is 37.6 Å². The number of para-hydroxylation sites is 1. The van der Waals surface area contributed by atoms with Gasteiger partial charge in [-0.15, -0.1) is 0 Å². The summed E-state index contributed by atoms with van der Waals surface area (Å²) in [6.45, 7) is 0.973. The second kappa shape index (κ2) is 8.44. The van der Waals surface area contributed by atoms with Gasteiger partial charge in [0.2, 0.25) is 0 Å². The maximum atomic E-state index is 11.9. The van der Waals surface area contributed by atoms with E-state index in [1.165, 1.54) is 0 Å². The van der Waals surface area contributed by atoms with Crippen LogP contribution in [0.1, 0.15) is 0 Å². The van der Waals surface area contributed by atoms with Crippen LogP contribution < -0.4 is 9.47 Å². The Kier molecular flexibility index (Phi) is 6.27. The molecule has 0 atom stereocenters. The van der Waals surface area contributed by atoms with E-state index in [0.717, 1.165) is 10.2 Å². The molecular formula is C17H18BrNO3. The number of rotatable bonds is 7. The van der Waals surface area contributed by atoms with Crippen LogP contribution in [0.5, 0.6) is 11.5 Å². The third-order valence-corrected chi connectivity index (χ3v) is 3.57. The van der Waals surface area contributed by atoms with E-state index in [-0.39, 0.29) is 12.5 Å². The van der Waals surface area contributed by atoms with Gasteiger partial charge < -0.3 is 14.4 Å². The average Bonchev–Trinajstić information content (AvgIpc) is 2.55. The molecule has 0 aliphatic heterocycles. The molecule has 2 aromatic rings. The summed E-state index contributed by atoms with van der Waals surface area (Å²) in [6, 6.07) is 16.9. The highest BCUT2D eigenvalue weighted by Gasteiger charge is 2.09. The predicted molar refractivity (Wildman–Crippen MR) is 89.2 cm³/mol. The Morgan fingerprint density at radius 2 is 1.64 bits per heavy atom.